The monoisotopic (exact) mass is 503 g/mol. The van der Waals surface area contributed by atoms with Gasteiger partial charge in [0.05, 0.1) is 27.8 Å². The number of nitro groups is 1. The molecule has 2 rings (SSSR count). The van der Waals surface area contributed by atoms with Gasteiger partial charge in [0.2, 0.25) is 0 Å². The van der Waals surface area contributed by atoms with Crippen molar-refractivity contribution in [2.24, 2.45) is 0 Å². The first-order valence-corrected chi connectivity index (χ1v) is 8.85. The van der Waals surface area contributed by atoms with Gasteiger partial charge in [0.1, 0.15) is 11.5 Å². The molecule has 0 radical (unpaired) electrons. The van der Waals surface area contributed by atoms with Crippen LogP contribution in [0.25, 0.3) is 0 Å². The van der Waals surface area contributed by atoms with Crippen LogP contribution in [-0.2, 0) is 0 Å². The Balaban J connectivity index is 2.20. The SMILES string of the molecule is COc1c(Br)cc(Br)cc1C(=O)NC(=S)Nc1cc([N+](=O)[O-])ccc1O. The van der Waals surface area contributed by atoms with E-state index in [4.69, 9.17) is 17.0 Å². The summed E-state index contributed by atoms with van der Waals surface area (Å²) < 4.78 is 6.41. The molecule has 0 saturated heterocycles. The first kappa shape index (κ1) is 20.1. The Morgan fingerprint density at radius 2 is 2.00 bits per heavy atom. The minimum atomic E-state index is -0.615. The summed E-state index contributed by atoms with van der Waals surface area (Å²) in [6.07, 6.45) is 0. The van der Waals surface area contributed by atoms with Gasteiger partial charge in [-0.1, -0.05) is 15.9 Å². The van der Waals surface area contributed by atoms with Gasteiger partial charge >= 0.3 is 0 Å². The van der Waals surface area contributed by atoms with Gasteiger partial charge in [0.25, 0.3) is 11.6 Å². The first-order valence-electron chi connectivity index (χ1n) is 6.85. The molecule has 0 aliphatic heterocycles. The molecule has 0 spiro atoms. The number of benzene rings is 2. The van der Waals surface area contributed by atoms with Gasteiger partial charge < -0.3 is 15.2 Å². The fourth-order valence-electron chi connectivity index (χ4n) is 2.00. The lowest BCUT2D eigenvalue weighted by Crippen LogP contribution is -2.34. The Kier molecular flexibility index (Phi) is 6.51. The van der Waals surface area contributed by atoms with Gasteiger partial charge in [-0.3, -0.25) is 20.2 Å². The molecule has 0 aliphatic carbocycles. The zero-order valence-electron chi connectivity index (χ0n) is 13.1. The van der Waals surface area contributed by atoms with Crippen LogP contribution in [0.15, 0.2) is 39.3 Å². The van der Waals surface area contributed by atoms with E-state index in [-0.39, 0.29) is 27.8 Å². The Hall–Kier alpha value is -2.24. The summed E-state index contributed by atoms with van der Waals surface area (Å²) in [6.45, 7) is 0. The molecule has 3 N–H and O–H groups in total. The number of nitro benzene ring substituents is 1. The normalized spacial score (nSPS) is 10.1. The number of nitrogens with zero attached hydrogens (tertiary/aromatic N) is 1. The molecular weight excluding hydrogens is 494 g/mol. The molecule has 2 aromatic carbocycles. The zero-order valence-corrected chi connectivity index (χ0v) is 17.1. The molecule has 26 heavy (non-hydrogen) atoms. The molecule has 8 nitrogen and oxygen atoms in total. The number of methoxy groups -OCH3 is 1. The number of amides is 1. The number of carbonyl (C=O) groups is 1. The van der Waals surface area contributed by atoms with Crippen LogP contribution in [-0.4, -0.2) is 28.2 Å². The van der Waals surface area contributed by atoms with Crippen LogP contribution in [0.4, 0.5) is 11.4 Å². The van der Waals surface area contributed by atoms with Crippen LogP contribution in [0.2, 0.25) is 0 Å². The van der Waals surface area contributed by atoms with Crippen LogP contribution in [0, 0.1) is 10.1 Å². The van der Waals surface area contributed by atoms with Crippen LogP contribution in [0.1, 0.15) is 10.4 Å². The van der Waals surface area contributed by atoms with E-state index in [1.807, 2.05) is 0 Å². The average Bonchev–Trinajstić information content (AvgIpc) is 2.55. The maximum Gasteiger partial charge on any atom is 0.271 e. The zero-order chi connectivity index (χ0) is 19.4. The number of nitrogens with one attached hydrogen (secondary N) is 2. The number of hydrogen-bond donors (Lipinski definition) is 3. The molecule has 0 bridgehead atoms. The lowest BCUT2D eigenvalue weighted by molar-refractivity contribution is -0.384. The summed E-state index contributed by atoms with van der Waals surface area (Å²) in [4.78, 5) is 22.7. The molecule has 0 aliphatic rings. The van der Waals surface area contributed by atoms with E-state index in [1.165, 1.54) is 7.11 Å². The molecule has 0 atom stereocenters. The van der Waals surface area contributed by atoms with E-state index in [0.717, 1.165) is 18.2 Å². The van der Waals surface area contributed by atoms with Crippen molar-refractivity contribution in [1.82, 2.24) is 5.32 Å². The van der Waals surface area contributed by atoms with E-state index >= 15 is 0 Å². The number of ether oxygens (including phenoxy) is 1. The molecule has 2 aromatic rings. The van der Waals surface area contributed by atoms with Crippen molar-refractivity contribution in [3.05, 3.63) is 55.0 Å². The number of rotatable bonds is 4. The predicted octanol–water partition coefficient (Wildman–Crippen LogP) is 3.96. The molecule has 11 heteroatoms. The molecule has 1 amide bonds. The van der Waals surface area contributed by atoms with E-state index < -0.39 is 10.8 Å². The van der Waals surface area contributed by atoms with Crippen molar-refractivity contribution in [1.29, 1.82) is 0 Å². The number of anilines is 1. The number of carbonyl (C=O) groups excluding carboxylic acids is 1. The highest BCUT2D eigenvalue weighted by atomic mass is 79.9. The maximum absolute atomic E-state index is 12.5. The molecule has 0 saturated carbocycles. The molecule has 0 fully saturated rings. The molecule has 136 valence electrons. The molecule has 0 unspecified atom stereocenters. The van der Waals surface area contributed by atoms with Gasteiger partial charge in [0, 0.05) is 16.6 Å². The molecule has 0 heterocycles. The van der Waals surface area contributed by atoms with Crippen molar-refractivity contribution >= 4 is 66.5 Å². The van der Waals surface area contributed by atoms with E-state index in [1.54, 1.807) is 12.1 Å². The highest BCUT2D eigenvalue weighted by molar-refractivity contribution is 9.11. The Morgan fingerprint density at radius 1 is 1.31 bits per heavy atom. The fraction of sp³-hybridized carbons (Fsp3) is 0.0667. The lowest BCUT2D eigenvalue weighted by Gasteiger charge is -2.13. The van der Waals surface area contributed by atoms with Crippen molar-refractivity contribution in [2.75, 3.05) is 12.4 Å². The summed E-state index contributed by atoms with van der Waals surface area (Å²) in [5.41, 5.74) is -0.0370. The standard InChI is InChI=1S/C15H11Br2N3O5S/c1-25-13-9(4-7(16)5-10(13)17)14(22)19-15(26)18-11-6-8(20(23)24)2-3-12(11)21/h2-6,21H,1H3,(H2,18,19,22,26). The van der Waals surface area contributed by atoms with Crippen molar-refractivity contribution in [3.8, 4) is 11.5 Å². The highest BCUT2D eigenvalue weighted by Crippen LogP contribution is 2.33. The van der Waals surface area contributed by atoms with Crippen LogP contribution in [0.3, 0.4) is 0 Å². The summed E-state index contributed by atoms with van der Waals surface area (Å²) in [6, 6.07) is 6.66. The van der Waals surface area contributed by atoms with Crippen molar-refractivity contribution < 1.29 is 19.6 Å². The summed E-state index contributed by atoms with van der Waals surface area (Å²) in [5.74, 6) is -0.507. The van der Waals surface area contributed by atoms with Crippen LogP contribution in [0.5, 0.6) is 11.5 Å². The van der Waals surface area contributed by atoms with Crippen LogP contribution < -0.4 is 15.4 Å². The summed E-state index contributed by atoms with van der Waals surface area (Å²) >= 11 is 11.6. The van der Waals surface area contributed by atoms with Gasteiger partial charge in [0.15, 0.2) is 5.11 Å². The minimum absolute atomic E-state index is 0.00751. The highest BCUT2D eigenvalue weighted by Gasteiger charge is 2.18. The Bertz CT molecular complexity index is 907. The largest absolute Gasteiger partial charge is 0.506 e. The van der Waals surface area contributed by atoms with Crippen LogP contribution >= 0.6 is 44.1 Å². The quantitative estimate of drug-likeness (QED) is 0.250. The second-order valence-corrected chi connectivity index (χ2v) is 7.01. The summed E-state index contributed by atoms with van der Waals surface area (Å²) in [5, 5.41) is 25.4. The predicted molar refractivity (Wildman–Crippen MR) is 107 cm³/mol. The van der Waals surface area contributed by atoms with Crippen molar-refractivity contribution in [2.45, 2.75) is 0 Å². The molecule has 0 aromatic heterocycles. The van der Waals surface area contributed by atoms with E-state index in [9.17, 15) is 20.0 Å². The van der Waals surface area contributed by atoms with Gasteiger partial charge in [-0.2, -0.15) is 0 Å². The van der Waals surface area contributed by atoms with Gasteiger partial charge in [-0.15, -0.1) is 0 Å². The Morgan fingerprint density at radius 3 is 2.62 bits per heavy atom. The number of aromatic hydroxyl groups is 1. The smallest absolute Gasteiger partial charge is 0.271 e. The topological polar surface area (TPSA) is 114 Å². The Labute approximate surface area is 169 Å². The number of phenolic OH excluding ortho intramolecular Hbond substituents is 1. The maximum atomic E-state index is 12.5. The van der Waals surface area contributed by atoms with Gasteiger partial charge in [-0.25, -0.2) is 0 Å². The second-order valence-electron chi connectivity index (χ2n) is 4.84. The average molecular weight is 505 g/mol. The fourth-order valence-corrected chi connectivity index (χ4v) is 3.59. The number of hydrogen-bond acceptors (Lipinski definition) is 6. The van der Waals surface area contributed by atoms with Gasteiger partial charge in [-0.05, 0) is 46.3 Å². The lowest BCUT2D eigenvalue weighted by atomic mass is 10.2. The summed E-state index contributed by atoms with van der Waals surface area (Å²) in [7, 11) is 1.42. The third kappa shape index (κ3) is 4.68. The van der Waals surface area contributed by atoms with Crippen molar-refractivity contribution in [3.63, 3.8) is 0 Å². The number of halogens is 2. The molecular formula is C15H11Br2N3O5S. The first-order chi connectivity index (χ1) is 12.2. The number of thiocarbonyl (C=S) groups is 1. The van der Waals surface area contributed by atoms with E-state index in [2.05, 4.69) is 42.5 Å². The number of non-ortho nitro benzene ring substituents is 1. The van der Waals surface area contributed by atoms with E-state index in [0.29, 0.717) is 14.7 Å². The second kappa shape index (κ2) is 8.43. The third-order valence-corrected chi connectivity index (χ3v) is 4.37. The number of phenols is 1. The minimum Gasteiger partial charge on any atom is -0.506 e. The third-order valence-electron chi connectivity index (χ3n) is 3.12.